The molecule has 1 aromatic heterocycles. The van der Waals surface area contributed by atoms with Gasteiger partial charge in [0.2, 0.25) is 0 Å². The molecular weight excluding hydrogens is 172 g/mol. The maximum Gasteiger partial charge on any atom is 0.101 e. The predicted octanol–water partition coefficient (Wildman–Crippen LogP) is 2.39. The standard InChI is InChI=1S/C12H14N2/c1-2-10-9(7-13)8-14-12-6-4-3-5-11(10)12/h8H,2-6H2,1H3. The quantitative estimate of drug-likeness (QED) is 0.675. The zero-order chi connectivity index (χ0) is 9.97. The Morgan fingerprint density at radius 3 is 2.93 bits per heavy atom. The Balaban J connectivity index is 2.57. The van der Waals surface area contributed by atoms with Crippen LogP contribution in [0.15, 0.2) is 6.20 Å². The molecule has 0 saturated carbocycles. The molecule has 1 heterocycles. The third-order valence-corrected chi connectivity index (χ3v) is 2.95. The van der Waals surface area contributed by atoms with Gasteiger partial charge in [-0.15, -0.1) is 0 Å². The summed E-state index contributed by atoms with van der Waals surface area (Å²) >= 11 is 0. The highest BCUT2D eigenvalue weighted by Gasteiger charge is 2.16. The van der Waals surface area contributed by atoms with Gasteiger partial charge in [-0.3, -0.25) is 4.98 Å². The van der Waals surface area contributed by atoms with E-state index in [-0.39, 0.29) is 0 Å². The van der Waals surface area contributed by atoms with Crippen molar-refractivity contribution in [1.82, 2.24) is 4.98 Å². The molecule has 1 aliphatic carbocycles. The van der Waals surface area contributed by atoms with Crippen LogP contribution in [-0.2, 0) is 19.3 Å². The minimum Gasteiger partial charge on any atom is -0.260 e. The largest absolute Gasteiger partial charge is 0.260 e. The molecule has 1 aliphatic rings. The Labute approximate surface area is 84.6 Å². The van der Waals surface area contributed by atoms with E-state index in [0.29, 0.717) is 0 Å². The van der Waals surface area contributed by atoms with E-state index in [9.17, 15) is 0 Å². The number of aryl methyl sites for hydroxylation is 1. The van der Waals surface area contributed by atoms with Crippen LogP contribution >= 0.6 is 0 Å². The Kier molecular flexibility index (Phi) is 2.49. The van der Waals surface area contributed by atoms with E-state index in [0.717, 1.165) is 24.8 Å². The summed E-state index contributed by atoms with van der Waals surface area (Å²) in [5.74, 6) is 0. The van der Waals surface area contributed by atoms with Crippen molar-refractivity contribution in [2.45, 2.75) is 39.0 Å². The van der Waals surface area contributed by atoms with Crippen LogP contribution in [0.4, 0.5) is 0 Å². The molecule has 0 fully saturated rings. The monoisotopic (exact) mass is 186 g/mol. The molecule has 2 nitrogen and oxygen atoms in total. The second-order valence-corrected chi connectivity index (χ2v) is 3.75. The van der Waals surface area contributed by atoms with Gasteiger partial charge in [-0.2, -0.15) is 5.26 Å². The van der Waals surface area contributed by atoms with Crippen molar-refractivity contribution in [1.29, 1.82) is 5.26 Å². The summed E-state index contributed by atoms with van der Waals surface area (Å²) in [7, 11) is 0. The lowest BCUT2D eigenvalue weighted by Gasteiger charge is -2.18. The number of fused-ring (bicyclic) bond motifs is 1. The van der Waals surface area contributed by atoms with Crippen molar-refractivity contribution in [2.24, 2.45) is 0 Å². The molecule has 2 rings (SSSR count). The average molecular weight is 186 g/mol. The first kappa shape index (κ1) is 9.21. The molecule has 72 valence electrons. The van der Waals surface area contributed by atoms with Crippen LogP contribution in [0.2, 0.25) is 0 Å². The number of nitrogens with zero attached hydrogens (tertiary/aromatic N) is 2. The van der Waals surface area contributed by atoms with Crippen molar-refractivity contribution in [3.8, 4) is 6.07 Å². The van der Waals surface area contributed by atoms with Gasteiger partial charge in [0.05, 0.1) is 5.56 Å². The third kappa shape index (κ3) is 1.39. The normalized spacial score (nSPS) is 14.6. The van der Waals surface area contributed by atoms with Crippen LogP contribution in [0.3, 0.4) is 0 Å². The fourth-order valence-corrected chi connectivity index (χ4v) is 2.24. The zero-order valence-corrected chi connectivity index (χ0v) is 8.51. The molecule has 0 aliphatic heterocycles. The molecule has 0 N–H and O–H groups in total. The van der Waals surface area contributed by atoms with E-state index >= 15 is 0 Å². The van der Waals surface area contributed by atoms with Gasteiger partial charge in [0.15, 0.2) is 0 Å². The van der Waals surface area contributed by atoms with Crippen LogP contribution < -0.4 is 0 Å². The summed E-state index contributed by atoms with van der Waals surface area (Å²) in [5, 5.41) is 8.96. The van der Waals surface area contributed by atoms with Crippen molar-refractivity contribution >= 4 is 0 Å². The Hall–Kier alpha value is -1.36. The second kappa shape index (κ2) is 3.79. The molecule has 1 aromatic rings. The highest BCUT2D eigenvalue weighted by Crippen LogP contribution is 2.25. The van der Waals surface area contributed by atoms with E-state index < -0.39 is 0 Å². The van der Waals surface area contributed by atoms with Crippen LogP contribution in [0.1, 0.15) is 42.1 Å². The zero-order valence-electron chi connectivity index (χ0n) is 8.51. The Morgan fingerprint density at radius 1 is 1.43 bits per heavy atom. The lowest BCUT2D eigenvalue weighted by Crippen LogP contribution is -2.10. The fourth-order valence-electron chi connectivity index (χ4n) is 2.24. The minimum atomic E-state index is 0.771. The number of rotatable bonds is 1. The molecule has 0 unspecified atom stereocenters. The first-order chi connectivity index (χ1) is 6.86. The van der Waals surface area contributed by atoms with E-state index in [1.54, 1.807) is 6.20 Å². The Morgan fingerprint density at radius 2 is 2.21 bits per heavy atom. The molecule has 0 bridgehead atoms. The van der Waals surface area contributed by atoms with Gasteiger partial charge in [0.25, 0.3) is 0 Å². The SMILES string of the molecule is CCc1c(C#N)cnc2c1CCCC2. The summed E-state index contributed by atoms with van der Waals surface area (Å²) in [4.78, 5) is 4.38. The summed E-state index contributed by atoms with van der Waals surface area (Å²) < 4.78 is 0. The number of pyridine rings is 1. The molecule has 0 aromatic carbocycles. The highest BCUT2D eigenvalue weighted by atomic mass is 14.7. The van der Waals surface area contributed by atoms with E-state index in [4.69, 9.17) is 5.26 Å². The predicted molar refractivity (Wildman–Crippen MR) is 55.0 cm³/mol. The fraction of sp³-hybridized carbons (Fsp3) is 0.500. The van der Waals surface area contributed by atoms with Gasteiger partial charge in [-0.1, -0.05) is 6.92 Å². The first-order valence-electron chi connectivity index (χ1n) is 5.26. The van der Waals surface area contributed by atoms with Crippen molar-refractivity contribution < 1.29 is 0 Å². The molecule has 14 heavy (non-hydrogen) atoms. The molecule has 0 atom stereocenters. The lowest BCUT2D eigenvalue weighted by molar-refractivity contribution is 0.660. The molecule has 0 saturated heterocycles. The summed E-state index contributed by atoms with van der Waals surface area (Å²) in [6.07, 6.45) is 7.39. The first-order valence-corrected chi connectivity index (χ1v) is 5.26. The van der Waals surface area contributed by atoms with Crippen LogP contribution in [0.25, 0.3) is 0 Å². The van der Waals surface area contributed by atoms with Gasteiger partial charge in [0.1, 0.15) is 6.07 Å². The molecule has 0 amide bonds. The Bertz CT molecular complexity index is 388. The summed E-state index contributed by atoms with van der Waals surface area (Å²) in [5.41, 5.74) is 4.59. The van der Waals surface area contributed by atoms with Gasteiger partial charge in [-0.25, -0.2) is 0 Å². The molecule has 2 heteroatoms. The van der Waals surface area contributed by atoms with E-state index in [1.165, 1.54) is 29.7 Å². The smallest absolute Gasteiger partial charge is 0.101 e. The van der Waals surface area contributed by atoms with Gasteiger partial charge in [-0.05, 0) is 43.2 Å². The summed E-state index contributed by atoms with van der Waals surface area (Å²) in [6, 6.07) is 2.23. The molecule has 0 radical (unpaired) electrons. The highest BCUT2D eigenvalue weighted by molar-refractivity contribution is 5.44. The van der Waals surface area contributed by atoms with Crippen LogP contribution in [-0.4, -0.2) is 4.98 Å². The molecule has 0 spiro atoms. The lowest BCUT2D eigenvalue weighted by atomic mass is 9.89. The third-order valence-electron chi connectivity index (χ3n) is 2.95. The summed E-state index contributed by atoms with van der Waals surface area (Å²) in [6.45, 7) is 2.12. The van der Waals surface area contributed by atoms with Crippen molar-refractivity contribution in [2.75, 3.05) is 0 Å². The minimum absolute atomic E-state index is 0.771. The molecular formula is C12H14N2. The van der Waals surface area contributed by atoms with E-state index in [1.807, 2.05) is 0 Å². The average Bonchev–Trinajstić information content (AvgIpc) is 2.27. The number of hydrogen-bond acceptors (Lipinski definition) is 2. The van der Waals surface area contributed by atoms with Crippen LogP contribution in [0, 0.1) is 11.3 Å². The second-order valence-electron chi connectivity index (χ2n) is 3.75. The van der Waals surface area contributed by atoms with Crippen molar-refractivity contribution in [3.05, 3.63) is 28.6 Å². The number of nitriles is 1. The number of aromatic nitrogens is 1. The number of hydrogen-bond donors (Lipinski definition) is 0. The topological polar surface area (TPSA) is 36.7 Å². The van der Waals surface area contributed by atoms with Gasteiger partial charge in [0, 0.05) is 11.9 Å². The maximum absolute atomic E-state index is 8.96. The van der Waals surface area contributed by atoms with Crippen LogP contribution in [0.5, 0.6) is 0 Å². The van der Waals surface area contributed by atoms with Gasteiger partial charge >= 0.3 is 0 Å². The van der Waals surface area contributed by atoms with E-state index in [2.05, 4.69) is 18.0 Å². The van der Waals surface area contributed by atoms with Crippen molar-refractivity contribution in [3.63, 3.8) is 0 Å². The maximum atomic E-state index is 8.96. The van der Waals surface area contributed by atoms with Gasteiger partial charge < -0.3 is 0 Å².